The van der Waals surface area contributed by atoms with E-state index < -0.39 is 0 Å². The zero-order chi connectivity index (χ0) is 19.2. The molecule has 0 saturated heterocycles. The minimum atomic E-state index is -0.0808. The Morgan fingerprint density at radius 2 is 1.89 bits per heavy atom. The lowest BCUT2D eigenvalue weighted by molar-refractivity contribution is -0.118. The molecule has 2 aromatic heterocycles. The first-order chi connectivity index (χ1) is 13.0. The standard InChI is InChI=1S/C19H21N5O2S/c1-23-12-15(8-9-17(23)26)18-21-22-19(24(18)2)27-13-16(25)20-11-10-14-6-4-3-5-7-14/h3-9,12H,10-11,13H2,1-2H3,(H,20,25). The third-order valence-electron chi connectivity index (χ3n) is 4.09. The van der Waals surface area contributed by atoms with E-state index >= 15 is 0 Å². The summed E-state index contributed by atoms with van der Waals surface area (Å²) in [6.07, 6.45) is 2.52. The van der Waals surface area contributed by atoms with Crippen LogP contribution in [0.3, 0.4) is 0 Å². The molecule has 2 heterocycles. The summed E-state index contributed by atoms with van der Waals surface area (Å²) in [5, 5.41) is 11.9. The minimum absolute atomic E-state index is 0.0393. The molecule has 1 N–H and O–H groups in total. The van der Waals surface area contributed by atoms with Crippen LogP contribution in [0.25, 0.3) is 11.4 Å². The van der Waals surface area contributed by atoms with Crippen molar-refractivity contribution in [3.05, 3.63) is 64.6 Å². The van der Waals surface area contributed by atoms with Crippen LogP contribution in [0, 0.1) is 0 Å². The molecular formula is C19H21N5O2S. The number of benzene rings is 1. The summed E-state index contributed by atoms with van der Waals surface area (Å²) < 4.78 is 3.32. The average molecular weight is 383 g/mol. The van der Waals surface area contributed by atoms with E-state index in [1.165, 1.54) is 28.0 Å². The lowest BCUT2D eigenvalue weighted by Gasteiger charge is -2.06. The van der Waals surface area contributed by atoms with Gasteiger partial charge in [0.15, 0.2) is 11.0 Å². The molecule has 3 aromatic rings. The van der Waals surface area contributed by atoms with E-state index in [0.717, 1.165) is 12.0 Å². The molecule has 3 rings (SSSR count). The van der Waals surface area contributed by atoms with Crippen molar-refractivity contribution in [3.63, 3.8) is 0 Å². The van der Waals surface area contributed by atoms with Gasteiger partial charge in [-0.05, 0) is 18.1 Å². The second-order valence-corrected chi connectivity index (χ2v) is 7.05. The fraction of sp³-hybridized carbons (Fsp3) is 0.263. The van der Waals surface area contributed by atoms with Crippen LogP contribution in [0.15, 0.2) is 58.6 Å². The van der Waals surface area contributed by atoms with Crippen molar-refractivity contribution in [2.24, 2.45) is 14.1 Å². The van der Waals surface area contributed by atoms with Gasteiger partial charge in [-0.2, -0.15) is 0 Å². The highest BCUT2D eigenvalue weighted by Crippen LogP contribution is 2.21. The van der Waals surface area contributed by atoms with Crippen molar-refractivity contribution in [1.82, 2.24) is 24.6 Å². The van der Waals surface area contributed by atoms with Crippen LogP contribution in [0.4, 0.5) is 0 Å². The molecule has 27 heavy (non-hydrogen) atoms. The van der Waals surface area contributed by atoms with Crippen LogP contribution < -0.4 is 10.9 Å². The summed E-state index contributed by atoms with van der Waals surface area (Å²) in [5.74, 6) is 0.883. The van der Waals surface area contributed by atoms with Crippen LogP contribution in [0.2, 0.25) is 0 Å². The van der Waals surface area contributed by atoms with Gasteiger partial charge in [-0.25, -0.2) is 0 Å². The molecule has 0 atom stereocenters. The second-order valence-electron chi connectivity index (χ2n) is 6.11. The maximum Gasteiger partial charge on any atom is 0.250 e. The van der Waals surface area contributed by atoms with Gasteiger partial charge in [0.25, 0.3) is 0 Å². The van der Waals surface area contributed by atoms with Crippen LogP contribution in [-0.4, -0.2) is 37.5 Å². The summed E-state index contributed by atoms with van der Waals surface area (Å²) >= 11 is 1.33. The molecule has 0 bridgehead atoms. The summed E-state index contributed by atoms with van der Waals surface area (Å²) in [5.41, 5.74) is 1.91. The van der Waals surface area contributed by atoms with Gasteiger partial charge in [0, 0.05) is 38.5 Å². The van der Waals surface area contributed by atoms with Gasteiger partial charge >= 0.3 is 0 Å². The fourth-order valence-electron chi connectivity index (χ4n) is 2.59. The van der Waals surface area contributed by atoms with Crippen molar-refractivity contribution in [1.29, 1.82) is 0 Å². The number of rotatable bonds is 7. The van der Waals surface area contributed by atoms with Crippen molar-refractivity contribution >= 4 is 17.7 Å². The van der Waals surface area contributed by atoms with Crippen LogP contribution in [0.5, 0.6) is 0 Å². The Kier molecular flexibility index (Phi) is 6.08. The SMILES string of the molecule is Cn1c(SCC(=O)NCCc2ccccc2)nnc1-c1ccc(=O)n(C)c1. The van der Waals surface area contributed by atoms with Crippen molar-refractivity contribution in [3.8, 4) is 11.4 Å². The van der Waals surface area contributed by atoms with E-state index in [4.69, 9.17) is 0 Å². The van der Waals surface area contributed by atoms with Gasteiger partial charge in [0.2, 0.25) is 11.5 Å². The largest absolute Gasteiger partial charge is 0.355 e. The summed E-state index contributed by atoms with van der Waals surface area (Å²) in [6.45, 7) is 0.603. The van der Waals surface area contributed by atoms with E-state index in [0.29, 0.717) is 17.5 Å². The number of amides is 1. The molecule has 0 fully saturated rings. The Labute approximate surface area is 161 Å². The van der Waals surface area contributed by atoms with Crippen molar-refractivity contribution < 1.29 is 4.79 Å². The van der Waals surface area contributed by atoms with E-state index in [2.05, 4.69) is 15.5 Å². The highest BCUT2D eigenvalue weighted by molar-refractivity contribution is 7.99. The quantitative estimate of drug-likeness (QED) is 0.627. The fourth-order valence-corrected chi connectivity index (χ4v) is 3.33. The number of hydrogen-bond acceptors (Lipinski definition) is 5. The molecular weight excluding hydrogens is 362 g/mol. The smallest absolute Gasteiger partial charge is 0.250 e. The maximum absolute atomic E-state index is 12.0. The minimum Gasteiger partial charge on any atom is -0.355 e. The number of aromatic nitrogens is 4. The monoisotopic (exact) mass is 383 g/mol. The Morgan fingerprint density at radius 1 is 1.11 bits per heavy atom. The van der Waals surface area contributed by atoms with Gasteiger partial charge in [-0.3, -0.25) is 9.59 Å². The predicted molar refractivity (Wildman–Crippen MR) is 106 cm³/mol. The number of carbonyl (C=O) groups excluding carboxylic acids is 1. The predicted octanol–water partition coefficient (Wildman–Crippen LogP) is 1.63. The summed E-state index contributed by atoms with van der Waals surface area (Å²) in [7, 11) is 3.54. The molecule has 140 valence electrons. The molecule has 0 aliphatic rings. The maximum atomic E-state index is 12.0. The zero-order valence-electron chi connectivity index (χ0n) is 15.3. The number of carbonyl (C=O) groups is 1. The highest BCUT2D eigenvalue weighted by atomic mass is 32.2. The molecule has 1 amide bonds. The van der Waals surface area contributed by atoms with Gasteiger partial charge < -0.3 is 14.5 Å². The summed E-state index contributed by atoms with van der Waals surface area (Å²) in [4.78, 5) is 23.6. The first-order valence-corrected chi connectivity index (χ1v) is 9.53. The molecule has 0 unspecified atom stereocenters. The molecule has 1 aromatic carbocycles. The Hall–Kier alpha value is -2.87. The first kappa shape index (κ1) is 18.9. The molecule has 0 spiro atoms. The molecule has 0 radical (unpaired) electrons. The highest BCUT2D eigenvalue weighted by Gasteiger charge is 2.13. The third-order valence-corrected chi connectivity index (χ3v) is 5.11. The van der Waals surface area contributed by atoms with E-state index in [1.807, 2.05) is 41.9 Å². The Bertz CT molecular complexity index is 981. The Morgan fingerprint density at radius 3 is 2.63 bits per heavy atom. The van der Waals surface area contributed by atoms with Gasteiger partial charge in [-0.1, -0.05) is 42.1 Å². The molecule has 7 nitrogen and oxygen atoms in total. The molecule has 0 aliphatic carbocycles. The Balaban J connectivity index is 1.54. The normalized spacial score (nSPS) is 10.7. The number of nitrogens with zero attached hydrogens (tertiary/aromatic N) is 4. The zero-order valence-corrected chi connectivity index (χ0v) is 16.1. The average Bonchev–Trinajstić information content (AvgIpc) is 3.04. The number of nitrogens with one attached hydrogen (secondary N) is 1. The molecule has 0 aliphatic heterocycles. The van der Waals surface area contributed by atoms with E-state index in [9.17, 15) is 9.59 Å². The third kappa shape index (κ3) is 4.85. The van der Waals surface area contributed by atoms with E-state index in [1.54, 1.807) is 19.3 Å². The topological polar surface area (TPSA) is 81.8 Å². The number of pyridine rings is 1. The van der Waals surface area contributed by atoms with Crippen molar-refractivity contribution in [2.75, 3.05) is 12.3 Å². The van der Waals surface area contributed by atoms with Crippen LogP contribution in [-0.2, 0) is 25.3 Å². The van der Waals surface area contributed by atoms with E-state index in [-0.39, 0.29) is 17.2 Å². The number of hydrogen-bond donors (Lipinski definition) is 1. The van der Waals surface area contributed by atoms with Crippen molar-refractivity contribution in [2.45, 2.75) is 11.6 Å². The number of aryl methyl sites for hydroxylation is 1. The number of thioether (sulfide) groups is 1. The van der Waals surface area contributed by atoms with Crippen LogP contribution >= 0.6 is 11.8 Å². The van der Waals surface area contributed by atoms with Gasteiger partial charge in [-0.15, -0.1) is 10.2 Å². The molecule has 8 heteroatoms. The lowest BCUT2D eigenvalue weighted by atomic mass is 10.1. The van der Waals surface area contributed by atoms with Gasteiger partial charge in [0.05, 0.1) is 5.75 Å². The first-order valence-electron chi connectivity index (χ1n) is 8.54. The van der Waals surface area contributed by atoms with Crippen LogP contribution in [0.1, 0.15) is 5.56 Å². The second kappa shape index (κ2) is 8.68. The molecule has 0 saturated carbocycles. The summed E-state index contributed by atoms with van der Waals surface area (Å²) in [6, 6.07) is 13.3. The lowest BCUT2D eigenvalue weighted by Crippen LogP contribution is -2.27. The van der Waals surface area contributed by atoms with Gasteiger partial charge in [0.1, 0.15) is 0 Å².